The average molecular weight is 453 g/mol. The first-order chi connectivity index (χ1) is 15.1. The lowest BCUT2D eigenvalue weighted by Gasteiger charge is -2.17. The average Bonchev–Trinajstić information content (AvgIpc) is 3.33. The summed E-state index contributed by atoms with van der Waals surface area (Å²) in [7, 11) is 0. The van der Waals surface area contributed by atoms with E-state index in [0.717, 1.165) is 30.0 Å². The summed E-state index contributed by atoms with van der Waals surface area (Å²) in [5, 5.41) is 4.18. The number of benzene rings is 2. The lowest BCUT2D eigenvalue weighted by atomic mass is 10.1. The van der Waals surface area contributed by atoms with Crippen molar-refractivity contribution >= 4 is 35.1 Å². The number of hydrogen-bond acceptors (Lipinski definition) is 5. The highest BCUT2D eigenvalue weighted by atomic mass is 35.5. The van der Waals surface area contributed by atoms with E-state index in [4.69, 9.17) is 11.6 Å². The number of rotatable bonds is 7. The molecule has 2 heterocycles. The molecule has 4 rings (SSSR count). The molecule has 1 atom stereocenters. The first kappa shape index (κ1) is 21.7. The lowest BCUT2D eigenvalue weighted by molar-refractivity contribution is 0.0940. The van der Waals surface area contributed by atoms with Crippen molar-refractivity contribution < 1.29 is 4.79 Å². The van der Waals surface area contributed by atoms with Gasteiger partial charge in [0.2, 0.25) is 0 Å². The molecule has 31 heavy (non-hydrogen) atoms. The monoisotopic (exact) mass is 452 g/mol. The Kier molecular flexibility index (Phi) is 7.10. The van der Waals surface area contributed by atoms with Crippen LogP contribution in [-0.4, -0.2) is 29.0 Å². The van der Waals surface area contributed by atoms with Crippen molar-refractivity contribution in [2.45, 2.75) is 36.7 Å². The molecular formula is C24H25ClN4OS. The summed E-state index contributed by atoms with van der Waals surface area (Å²) in [6.07, 6.45) is 2.36. The molecule has 0 spiro atoms. The number of carbonyl (C=O) groups excluding carboxylic acids is 1. The molecule has 1 aromatic heterocycles. The van der Waals surface area contributed by atoms with Crippen LogP contribution >= 0.6 is 23.4 Å². The first-order valence-corrected chi connectivity index (χ1v) is 11.8. The lowest BCUT2D eigenvalue weighted by Crippen LogP contribution is -2.26. The fraction of sp³-hybridized carbons (Fsp3) is 0.292. The number of aromatic nitrogens is 2. The zero-order valence-electron chi connectivity index (χ0n) is 17.4. The Hall–Kier alpha value is -2.57. The van der Waals surface area contributed by atoms with Crippen molar-refractivity contribution in [3.8, 4) is 0 Å². The van der Waals surface area contributed by atoms with Crippen LogP contribution in [0.3, 0.4) is 0 Å². The highest BCUT2D eigenvalue weighted by Crippen LogP contribution is 2.26. The van der Waals surface area contributed by atoms with Crippen molar-refractivity contribution in [2.24, 2.45) is 0 Å². The molecule has 3 aromatic rings. The maximum atomic E-state index is 12.7. The van der Waals surface area contributed by atoms with Crippen LogP contribution in [0.5, 0.6) is 0 Å². The molecule has 1 aliphatic heterocycles. The van der Waals surface area contributed by atoms with Gasteiger partial charge >= 0.3 is 0 Å². The number of halogens is 1. The zero-order chi connectivity index (χ0) is 21.6. The molecule has 0 radical (unpaired) electrons. The minimum atomic E-state index is -0.0847. The highest BCUT2D eigenvalue weighted by molar-refractivity contribution is 7.98. The second-order valence-corrected chi connectivity index (χ2v) is 8.95. The molecule has 0 saturated carbocycles. The summed E-state index contributed by atoms with van der Waals surface area (Å²) in [6.45, 7) is 4.01. The van der Waals surface area contributed by atoms with Gasteiger partial charge < -0.3 is 10.2 Å². The fourth-order valence-electron chi connectivity index (χ4n) is 3.61. The number of hydrogen-bond donors (Lipinski definition) is 1. The second kappa shape index (κ2) is 10.2. The SMILES string of the molecule is CC(NC(=O)c1cccc(CSc2nc(Cl)cc(N3CCCC3)n2)c1)c1ccccc1. The minimum absolute atomic E-state index is 0.0596. The number of amides is 1. The maximum absolute atomic E-state index is 12.7. The van der Waals surface area contributed by atoms with Crippen LogP contribution in [0.4, 0.5) is 5.82 Å². The summed E-state index contributed by atoms with van der Waals surface area (Å²) < 4.78 is 0. The topological polar surface area (TPSA) is 58.1 Å². The maximum Gasteiger partial charge on any atom is 0.251 e. The van der Waals surface area contributed by atoms with Gasteiger partial charge in [-0.1, -0.05) is 65.8 Å². The Morgan fingerprint density at radius 1 is 1.10 bits per heavy atom. The van der Waals surface area contributed by atoms with E-state index in [0.29, 0.717) is 21.6 Å². The molecule has 1 N–H and O–H groups in total. The van der Waals surface area contributed by atoms with Gasteiger partial charge in [-0.15, -0.1) is 0 Å². The number of nitrogens with zero attached hydrogens (tertiary/aromatic N) is 3. The van der Waals surface area contributed by atoms with E-state index < -0.39 is 0 Å². The van der Waals surface area contributed by atoms with Gasteiger partial charge in [0.05, 0.1) is 6.04 Å². The van der Waals surface area contributed by atoms with Crippen molar-refractivity contribution in [1.29, 1.82) is 0 Å². The third kappa shape index (κ3) is 5.77. The van der Waals surface area contributed by atoms with E-state index in [1.54, 1.807) is 0 Å². The summed E-state index contributed by atoms with van der Waals surface area (Å²) >= 11 is 7.76. The van der Waals surface area contributed by atoms with Crippen LogP contribution in [0.25, 0.3) is 0 Å². The van der Waals surface area contributed by atoms with Crippen LogP contribution in [0.2, 0.25) is 5.15 Å². The van der Waals surface area contributed by atoms with Crippen LogP contribution < -0.4 is 10.2 Å². The van der Waals surface area contributed by atoms with Crippen molar-refractivity contribution in [3.05, 3.63) is 82.5 Å². The molecule has 1 fully saturated rings. The summed E-state index contributed by atoms with van der Waals surface area (Å²) in [5.41, 5.74) is 2.76. The number of nitrogens with one attached hydrogen (secondary N) is 1. The Morgan fingerprint density at radius 2 is 1.87 bits per heavy atom. The van der Waals surface area contributed by atoms with Crippen LogP contribution in [-0.2, 0) is 5.75 Å². The van der Waals surface area contributed by atoms with E-state index in [2.05, 4.69) is 20.2 Å². The predicted molar refractivity (Wildman–Crippen MR) is 127 cm³/mol. The van der Waals surface area contributed by atoms with Gasteiger partial charge in [0, 0.05) is 30.5 Å². The molecular weight excluding hydrogens is 428 g/mol. The first-order valence-electron chi connectivity index (χ1n) is 10.5. The molecule has 5 nitrogen and oxygen atoms in total. The zero-order valence-corrected chi connectivity index (χ0v) is 19.0. The van der Waals surface area contributed by atoms with Gasteiger partial charge in [0.15, 0.2) is 5.16 Å². The van der Waals surface area contributed by atoms with E-state index >= 15 is 0 Å². The van der Waals surface area contributed by atoms with Crippen molar-refractivity contribution in [1.82, 2.24) is 15.3 Å². The van der Waals surface area contributed by atoms with Crippen LogP contribution in [0.15, 0.2) is 65.8 Å². The standard InChI is InChI=1S/C24H25ClN4OS/c1-17(19-9-3-2-4-10-19)26-23(30)20-11-7-8-18(14-20)16-31-24-27-21(25)15-22(28-24)29-12-5-6-13-29/h2-4,7-11,14-15,17H,5-6,12-13,16H2,1H3,(H,26,30). The quantitative estimate of drug-likeness (QED) is 0.291. The van der Waals surface area contributed by atoms with Gasteiger partial charge in [-0.25, -0.2) is 9.97 Å². The molecule has 1 saturated heterocycles. The molecule has 1 aliphatic rings. The molecule has 1 unspecified atom stereocenters. The number of anilines is 1. The molecule has 0 aliphatic carbocycles. The van der Waals surface area contributed by atoms with Gasteiger partial charge in [-0.2, -0.15) is 0 Å². The summed E-state index contributed by atoms with van der Waals surface area (Å²) in [6, 6.07) is 19.4. The summed E-state index contributed by atoms with van der Waals surface area (Å²) in [5.74, 6) is 1.47. The largest absolute Gasteiger partial charge is 0.356 e. The van der Waals surface area contributed by atoms with Crippen molar-refractivity contribution in [3.63, 3.8) is 0 Å². The van der Waals surface area contributed by atoms with E-state index in [-0.39, 0.29) is 11.9 Å². The van der Waals surface area contributed by atoms with E-state index in [9.17, 15) is 4.79 Å². The third-order valence-electron chi connectivity index (χ3n) is 5.30. The van der Waals surface area contributed by atoms with Gasteiger partial charge in [-0.05, 0) is 43.0 Å². The number of thioether (sulfide) groups is 1. The molecule has 7 heteroatoms. The van der Waals surface area contributed by atoms with Crippen LogP contribution in [0, 0.1) is 0 Å². The fourth-order valence-corrected chi connectivity index (χ4v) is 4.64. The highest BCUT2D eigenvalue weighted by Gasteiger charge is 2.16. The van der Waals surface area contributed by atoms with E-state index in [1.807, 2.05) is 67.6 Å². The van der Waals surface area contributed by atoms with E-state index in [1.165, 1.54) is 24.6 Å². The number of carbonyl (C=O) groups is 1. The smallest absolute Gasteiger partial charge is 0.251 e. The normalized spacial score (nSPS) is 14.5. The Morgan fingerprint density at radius 3 is 2.65 bits per heavy atom. The summed E-state index contributed by atoms with van der Waals surface area (Å²) in [4.78, 5) is 24.0. The van der Waals surface area contributed by atoms with Crippen LogP contribution in [0.1, 0.15) is 47.3 Å². The minimum Gasteiger partial charge on any atom is -0.356 e. The predicted octanol–water partition coefficient (Wildman–Crippen LogP) is 5.51. The second-order valence-electron chi connectivity index (χ2n) is 7.62. The molecule has 0 bridgehead atoms. The Bertz CT molecular complexity index is 1040. The Balaban J connectivity index is 1.40. The van der Waals surface area contributed by atoms with Gasteiger partial charge in [0.1, 0.15) is 11.0 Å². The van der Waals surface area contributed by atoms with Gasteiger partial charge in [-0.3, -0.25) is 4.79 Å². The molecule has 2 aromatic carbocycles. The van der Waals surface area contributed by atoms with Gasteiger partial charge in [0.25, 0.3) is 5.91 Å². The van der Waals surface area contributed by atoms with Crippen molar-refractivity contribution in [2.75, 3.05) is 18.0 Å². The molecule has 160 valence electrons. The third-order valence-corrected chi connectivity index (χ3v) is 6.41. The Labute approximate surface area is 192 Å². The molecule has 1 amide bonds.